The molecule has 9 nitrogen and oxygen atoms in total. The van der Waals surface area contributed by atoms with Crippen LogP contribution in [0, 0.1) is 0 Å². The molecule has 0 saturated carbocycles. The third-order valence-electron chi connectivity index (χ3n) is 6.92. The number of amides is 1. The Morgan fingerprint density at radius 3 is 2.27 bits per heavy atom. The highest BCUT2D eigenvalue weighted by atomic mass is 32.2. The number of aromatic nitrogens is 4. The van der Waals surface area contributed by atoms with Crippen molar-refractivity contribution in [1.29, 1.82) is 0 Å². The second-order valence-electron chi connectivity index (χ2n) is 9.79. The van der Waals surface area contributed by atoms with Crippen molar-refractivity contribution in [3.63, 3.8) is 0 Å². The largest absolute Gasteiger partial charge is 0.494 e. The van der Waals surface area contributed by atoms with Crippen LogP contribution in [-0.2, 0) is 21.4 Å². The summed E-state index contributed by atoms with van der Waals surface area (Å²) in [6.45, 7) is 2.88. The van der Waals surface area contributed by atoms with Crippen LogP contribution in [0.15, 0.2) is 125 Å². The van der Waals surface area contributed by atoms with Crippen LogP contribution < -0.4 is 10.1 Å². The first-order valence-corrected chi connectivity index (χ1v) is 16.4. The average Bonchev–Trinajstić information content (AvgIpc) is 3.66. The summed E-state index contributed by atoms with van der Waals surface area (Å²) in [5.41, 5.74) is 2.85. The van der Waals surface area contributed by atoms with Crippen molar-refractivity contribution < 1.29 is 17.9 Å². The summed E-state index contributed by atoms with van der Waals surface area (Å²) in [5.74, 6) is 1.13. The molecule has 0 bridgehead atoms. The van der Waals surface area contributed by atoms with E-state index < -0.39 is 10.0 Å². The Morgan fingerprint density at radius 2 is 1.55 bits per heavy atom. The van der Waals surface area contributed by atoms with E-state index in [1.54, 1.807) is 48.7 Å². The van der Waals surface area contributed by atoms with Gasteiger partial charge in [0.2, 0.25) is 5.91 Å². The predicted molar refractivity (Wildman–Crippen MR) is 171 cm³/mol. The summed E-state index contributed by atoms with van der Waals surface area (Å²) in [6, 6.07) is 32.8. The number of ether oxygens (including phenoxy) is 1. The minimum absolute atomic E-state index is 0.117. The molecule has 0 aliphatic rings. The molecule has 0 aliphatic carbocycles. The highest BCUT2D eigenvalue weighted by Gasteiger charge is 2.25. The number of fused-ring (bicyclic) bond motifs is 1. The van der Waals surface area contributed by atoms with Gasteiger partial charge in [0.25, 0.3) is 10.0 Å². The molecule has 2 aromatic heterocycles. The first-order valence-electron chi connectivity index (χ1n) is 14.0. The van der Waals surface area contributed by atoms with Crippen LogP contribution in [-0.4, -0.2) is 45.4 Å². The van der Waals surface area contributed by atoms with E-state index in [9.17, 15) is 13.2 Å². The minimum Gasteiger partial charge on any atom is -0.494 e. The number of hydrogen-bond donors (Lipinski definition) is 1. The lowest BCUT2D eigenvalue weighted by molar-refractivity contribution is -0.118. The molecule has 2 heterocycles. The molecule has 1 N–H and O–H groups in total. The van der Waals surface area contributed by atoms with Crippen LogP contribution >= 0.6 is 11.8 Å². The first-order chi connectivity index (χ1) is 21.5. The predicted octanol–water partition coefficient (Wildman–Crippen LogP) is 5.93. The zero-order valence-electron chi connectivity index (χ0n) is 23.8. The van der Waals surface area contributed by atoms with Gasteiger partial charge in [0.1, 0.15) is 5.75 Å². The standard InChI is InChI=1S/C33H29N5O4S2/c1-2-42-26-19-17-25(18-20-26)38-32(35-36-33(38)43-23-31(39)34-21-24-11-5-3-6-12-24)29-22-37(30-16-10-9-15-28(29)30)44(40,41)27-13-7-4-8-14-27/h3-20,22H,2,21,23H2,1H3,(H,34,39). The van der Waals surface area contributed by atoms with Crippen molar-refractivity contribution in [3.05, 3.63) is 121 Å². The van der Waals surface area contributed by atoms with Crippen molar-refractivity contribution in [2.45, 2.75) is 23.5 Å². The van der Waals surface area contributed by atoms with Gasteiger partial charge in [0.15, 0.2) is 11.0 Å². The maximum Gasteiger partial charge on any atom is 0.268 e. The van der Waals surface area contributed by atoms with Crippen molar-refractivity contribution >= 4 is 38.6 Å². The van der Waals surface area contributed by atoms with Crippen molar-refractivity contribution in [2.75, 3.05) is 12.4 Å². The summed E-state index contributed by atoms with van der Waals surface area (Å²) < 4.78 is 36.3. The molecular weight excluding hydrogens is 595 g/mol. The van der Waals surface area contributed by atoms with Crippen LogP contribution in [0.5, 0.6) is 5.75 Å². The first kappa shape index (κ1) is 29.2. The second-order valence-corrected chi connectivity index (χ2v) is 12.6. The normalized spacial score (nSPS) is 11.5. The Bertz CT molecular complexity index is 2010. The molecule has 0 atom stereocenters. The molecule has 0 radical (unpaired) electrons. The molecule has 11 heteroatoms. The number of nitrogens with zero attached hydrogens (tertiary/aromatic N) is 4. The van der Waals surface area contributed by atoms with E-state index >= 15 is 0 Å². The number of carbonyl (C=O) groups excluding carboxylic acids is 1. The van der Waals surface area contributed by atoms with Crippen LogP contribution in [0.2, 0.25) is 0 Å². The monoisotopic (exact) mass is 623 g/mol. The van der Waals surface area contributed by atoms with Gasteiger partial charge in [-0.1, -0.05) is 78.5 Å². The summed E-state index contributed by atoms with van der Waals surface area (Å²) in [4.78, 5) is 13.0. The van der Waals surface area contributed by atoms with Crippen molar-refractivity contribution in [3.8, 4) is 22.8 Å². The number of thioether (sulfide) groups is 1. The highest BCUT2D eigenvalue weighted by Crippen LogP contribution is 2.35. The topological polar surface area (TPSA) is 108 Å². The van der Waals surface area contributed by atoms with Gasteiger partial charge in [-0.05, 0) is 55.0 Å². The number of carbonyl (C=O) groups is 1. The number of benzene rings is 4. The van der Waals surface area contributed by atoms with Gasteiger partial charge >= 0.3 is 0 Å². The third kappa shape index (κ3) is 5.97. The molecule has 4 aromatic carbocycles. The van der Waals surface area contributed by atoms with E-state index in [-0.39, 0.29) is 16.6 Å². The van der Waals surface area contributed by atoms with Gasteiger partial charge in [-0.15, -0.1) is 10.2 Å². The molecule has 222 valence electrons. The molecule has 44 heavy (non-hydrogen) atoms. The number of rotatable bonds is 11. The quantitative estimate of drug-likeness (QED) is 0.178. The summed E-state index contributed by atoms with van der Waals surface area (Å²) >= 11 is 1.25. The van der Waals surface area contributed by atoms with E-state index in [0.717, 1.165) is 11.3 Å². The van der Waals surface area contributed by atoms with Crippen molar-refractivity contribution in [1.82, 2.24) is 24.1 Å². The summed E-state index contributed by atoms with van der Waals surface area (Å²) in [7, 11) is -3.90. The van der Waals surface area contributed by atoms with Crippen LogP contribution in [0.25, 0.3) is 28.0 Å². The Morgan fingerprint density at radius 1 is 0.864 bits per heavy atom. The fourth-order valence-electron chi connectivity index (χ4n) is 4.84. The average molecular weight is 624 g/mol. The lowest BCUT2D eigenvalue weighted by atomic mass is 10.1. The molecule has 6 aromatic rings. The third-order valence-corrected chi connectivity index (χ3v) is 9.54. The molecular formula is C33H29N5O4S2. The SMILES string of the molecule is CCOc1ccc(-n2c(SCC(=O)NCc3ccccc3)nnc2-c2cn(S(=O)(=O)c3ccccc3)c3ccccc23)cc1. The van der Waals surface area contributed by atoms with E-state index in [2.05, 4.69) is 15.5 Å². The molecule has 1 amide bonds. The Hall–Kier alpha value is -4.87. The maximum absolute atomic E-state index is 13.8. The number of hydrogen-bond acceptors (Lipinski definition) is 7. The fourth-order valence-corrected chi connectivity index (χ4v) is 7.01. The maximum atomic E-state index is 13.8. The van der Waals surface area contributed by atoms with Gasteiger partial charge in [-0.3, -0.25) is 9.36 Å². The minimum atomic E-state index is -3.90. The van der Waals surface area contributed by atoms with Gasteiger partial charge in [-0.2, -0.15) is 0 Å². The zero-order valence-corrected chi connectivity index (χ0v) is 25.5. The van der Waals surface area contributed by atoms with E-state index in [1.165, 1.54) is 15.7 Å². The van der Waals surface area contributed by atoms with E-state index in [4.69, 9.17) is 4.74 Å². The molecule has 0 aliphatic heterocycles. The Labute approximate surface area is 259 Å². The molecule has 6 rings (SSSR count). The number of para-hydroxylation sites is 1. The van der Waals surface area contributed by atoms with Gasteiger partial charge in [-0.25, -0.2) is 12.4 Å². The molecule has 0 spiro atoms. The van der Waals surface area contributed by atoms with Gasteiger partial charge in [0, 0.05) is 29.4 Å². The molecule has 0 saturated heterocycles. The molecule has 0 fully saturated rings. The Kier molecular flexibility index (Phi) is 8.49. The lowest BCUT2D eigenvalue weighted by Gasteiger charge is -2.11. The smallest absolute Gasteiger partial charge is 0.268 e. The van der Waals surface area contributed by atoms with E-state index in [0.29, 0.717) is 46.3 Å². The Balaban J connectivity index is 1.40. The summed E-state index contributed by atoms with van der Waals surface area (Å²) in [5, 5.41) is 13.1. The highest BCUT2D eigenvalue weighted by molar-refractivity contribution is 7.99. The molecule has 0 unspecified atom stereocenters. The lowest BCUT2D eigenvalue weighted by Crippen LogP contribution is -2.24. The van der Waals surface area contributed by atoms with E-state index in [1.807, 2.05) is 78.2 Å². The number of nitrogens with one attached hydrogen (secondary N) is 1. The summed E-state index contributed by atoms with van der Waals surface area (Å²) in [6.07, 6.45) is 1.59. The van der Waals surface area contributed by atoms with Crippen molar-refractivity contribution in [2.24, 2.45) is 0 Å². The van der Waals surface area contributed by atoms with Crippen LogP contribution in [0.3, 0.4) is 0 Å². The van der Waals surface area contributed by atoms with Gasteiger partial charge in [0.05, 0.1) is 22.8 Å². The van der Waals surface area contributed by atoms with Gasteiger partial charge < -0.3 is 10.1 Å². The second kappa shape index (κ2) is 12.8. The van der Waals surface area contributed by atoms with Crippen LogP contribution in [0.4, 0.5) is 0 Å². The van der Waals surface area contributed by atoms with Crippen LogP contribution in [0.1, 0.15) is 12.5 Å². The fraction of sp³-hybridized carbons (Fsp3) is 0.121. The zero-order chi connectivity index (χ0) is 30.5.